The first-order chi connectivity index (χ1) is 18.6. The van der Waals surface area contributed by atoms with Gasteiger partial charge in [0, 0.05) is 53.6 Å². The van der Waals surface area contributed by atoms with Crippen LogP contribution in [0.2, 0.25) is 0 Å². The van der Waals surface area contributed by atoms with Crippen LogP contribution >= 0.6 is 23.2 Å². The van der Waals surface area contributed by atoms with Crippen molar-refractivity contribution in [3.8, 4) is 11.3 Å². The van der Waals surface area contributed by atoms with Crippen LogP contribution in [0.3, 0.4) is 0 Å². The molecule has 0 unspecified atom stereocenters. The lowest BCUT2D eigenvalue weighted by atomic mass is 9.98. The number of non-ortho nitro benzene ring substituents is 1. The molecule has 0 amide bonds. The largest absolute Gasteiger partial charge is 0.369 e. The lowest BCUT2D eigenvalue weighted by Crippen LogP contribution is -2.27. The van der Waals surface area contributed by atoms with Crippen molar-refractivity contribution in [1.29, 1.82) is 0 Å². The Morgan fingerprint density at radius 2 is 1.55 bits per heavy atom. The number of halogens is 2. The molecule has 0 aliphatic carbocycles. The molecule has 0 fully saturated rings. The summed E-state index contributed by atoms with van der Waals surface area (Å²) in [6.07, 6.45) is 4.20. The maximum atomic E-state index is 11.1. The minimum absolute atomic E-state index is 0.0553. The second kappa shape index (κ2) is 11.6. The van der Waals surface area contributed by atoms with Gasteiger partial charge in [-0.3, -0.25) is 10.1 Å². The van der Waals surface area contributed by atoms with Crippen LogP contribution in [-0.2, 0) is 0 Å². The Morgan fingerprint density at radius 3 is 2.24 bits per heavy atom. The van der Waals surface area contributed by atoms with Crippen LogP contribution in [-0.4, -0.2) is 34.8 Å². The quantitative estimate of drug-likeness (QED) is 0.0812. The molecule has 1 heterocycles. The van der Waals surface area contributed by atoms with Crippen LogP contribution in [0.15, 0.2) is 91.0 Å². The molecule has 4 aromatic carbocycles. The predicted octanol–water partition coefficient (Wildman–Crippen LogP) is 8.42. The van der Waals surface area contributed by atoms with Crippen LogP contribution in [0.25, 0.3) is 45.1 Å². The fourth-order valence-corrected chi connectivity index (χ4v) is 5.04. The zero-order chi connectivity index (χ0) is 26.5. The van der Waals surface area contributed by atoms with Gasteiger partial charge in [0.05, 0.1) is 16.1 Å². The molecule has 5 rings (SSSR count). The van der Waals surface area contributed by atoms with Gasteiger partial charge in [0.15, 0.2) is 0 Å². The number of hydrogen-bond acceptors (Lipinski definition) is 4. The average molecular weight is 542 g/mol. The van der Waals surface area contributed by atoms with Gasteiger partial charge in [-0.1, -0.05) is 54.6 Å². The molecule has 38 heavy (non-hydrogen) atoms. The summed E-state index contributed by atoms with van der Waals surface area (Å²) in [4.78, 5) is 17.8. The molecule has 0 spiro atoms. The van der Waals surface area contributed by atoms with Crippen molar-refractivity contribution in [2.45, 2.75) is 0 Å². The van der Waals surface area contributed by atoms with Gasteiger partial charge >= 0.3 is 0 Å². The van der Waals surface area contributed by atoms with Crippen LogP contribution < -0.4 is 4.90 Å². The zero-order valence-corrected chi connectivity index (χ0v) is 22.1. The van der Waals surface area contributed by atoms with Crippen molar-refractivity contribution in [3.63, 3.8) is 0 Å². The minimum Gasteiger partial charge on any atom is -0.369 e. The predicted molar refractivity (Wildman–Crippen MR) is 160 cm³/mol. The first-order valence-corrected chi connectivity index (χ1v) is 13.4. The van der Waals surface area contributed by atoms with E-state index in [1.807, 2.05) is 24.3 Å². The number of nitrogens with zero attached hydrogens (tertiary/aromatic N) is 3. The highest BCUT2D eigenvalue weighted by Crippen LogP contribution is 2.32. The summed E-state index contributed by atoms with van der Waals surface area (Å²) < 4.78 is 0. The Bertz CT molecular complexity index is 1610. The Hall–Kier alpha value is -3.93. The van der Waals surface area contributed by atoms with Crippen LogP contribution in [0, 0.1) is 10.1 Å². The topological polar surface area (TPSA) is 59.3 Å². The first kappa shape index (κ1) is 25.7. The number of fused-ring (bicyclic) bond motifs is 3. The monoisotopic (exact) mass is 541 g/mol. The fraction of sp³-hybridized carbons (Fsp3) is 0.129. The lowest BCUT2D eigenvalue weighted by Gasteiger charge is -2.22. The maximum absolute atomic E-state index is 11.1. The minimum atomic E-state index is -0.395. The number of alkyl halides is 2. The molecule has 5 aromatic rings. The van der Waals surface area contributed by atoms with Gasteiger partial charge in [-0.15, -0.1) is 23.2 Å². The lowest BCUT2D eigenvalue weighted by molar-refractivity contribution is -0.384. The van der Waals surface area contributed by atoms with Crippen LogP contribution in [0.5, 0.6) is 0 Å². The molecule has 0 radical (unpaired) electrons. The number of hydrogen-bond donors (Lipinski definition) is 0. The third-order valence-corrected chi connectivity index (χ3v) is 6.86. The molecular formula is C31H25Cl2N3O2. The molecule has 0 aliphatic rings. The third-order valence-electron chi connectivity index (χ3n) is 6.53. The van der Waals surface area contributed by atoms with Gasteiger partial charge in [-0.05, 0) is 58.3 Å². The van der Waals surface area contributed by atoms with E-state index in [2.05, 4.69) is 59.5 Å². The second-order valence-corrected chi connectivity index (χ2v) is 9.63. The van der Waals surface area contributed by atoms with Gasteiger partial charge in [-0.2, -0.15) is 0 Å². The molecular weight excluding hydrogens is 517 g/mol. The molecule has 0 bridgehead atoms. The molecule has 0 saturated carbocycles. The van der Waals surface area contributed by atoms with Crippen LogP contribution in [0.1, 0.15) is 11.1 Å². The molecule has 190 valence electrons. The number of rotatable bonds is 9. The maximum Gasteiger partial charge on any atom is 0.269 e. The normalized spacial score (nSPS) is 11.4. The van der Waals surface area contributed by atoms with Gasteiger partial charge in [-0.25, -0.2) is 4.98 Å². The molecule has 5 nitrogen and oxygen atoms in total. The summed E-state index contributed by atoms with van der Waals surface area (Å²) in [6, 6.07) is 29.3. The summed E-state index contributed by atoms with van der Waals surface area (Å²) in [5, 5.41) is 14.4. The van der Waals surface area contributed by atoms with Crippen molar-refractivity contribution >= 4 is 68.4 Å². The molecule has 1 aromatic heterocycles. The van der Waals surface area contributed by atoms with E-state index in [1.54, 1.807) is 12.1 Å². The van der Waals surface area contributed by atoms with E-state index in [0.717, 1.165) is 62.8 Å². The number of benzene rings is 4. The summed E-state index contributed by atoms with van der Waals surface area (Å²) in [5.74, 6) is 1.08. The second-order valence-electron chi connectivity index (χ2n) is 8.87. The van der Waals surface area contributed by atoms with E-state index < -0.39 is 4.92 Å². The van der Waals surface area contributed by atoms with Crippen molar-refractivity contribution in [2.24, 2.45) is 0 Å². The van der Waals surface area contributed by atoms with E-state index in [1.165, 1.54) is 12.1 Å². The smallest absolute Gasteiger partial charge is 0.269 e. The zero-order valence-electron chi connectivity index (χ0n) is 20.6. The van der Waals surface area contributed by atoms with E-state index >= 15 is 0 Å². The highest BCUT2D eigenvalue weighted by molar-refractivity contribution is 6.18. The van der Waals surface area contributed by atoms with Crippen molar-refractivity contribution in [1.82, 2.24) is 4.98 Å². The number of nitro benzene ring substituents is 1. The van der Waals surface area contributed by atoms with Gasteiger partial charge in [0.2, 0.25) is 0 Å². The number of pyridine rings is 1. The number of anilines is 1. The Kier molecular flexibility index (Phi) is 7.87. The third kappa shape index (κ3) is 5.49. The molecule has 0 aliphatic heterocycles. The molecule has 0 saturated heterocycles. The Balaban J connectivity index is 1.57. The highest BCUT2D eigenvalue weighted by atomic mass is 35.5. The summed E-state index contributed by atoms with van der Waals surface area (Å²) in [7, 11) is 0. The van der Waals surface area contributed by atoms with Gasteiger partial charge in [0.1, 0.15) is 0 Å². The summed E-state index contributed by atoms with van der Waals surface area (Å²) in [5.41, 5.74) is 5.68. The number of aromatic nitrogens is 1. The first-order valence-electron chi connectivity index (χ1n) is 12.3. The number of nitro groups is 1. The van der Waals surface area contributed by atoms with E-state index in [-0.39, 0.29) is 5.69 Å². The summed E-state index contributed by atoms with van der Waals surface area (Å²) >= 11 is 11.9. The SMILES string of the molecule is O=[N+]([O-])c1ccc(-c2cc(C=Cc3ccc(N(CCCl)CCCl)cc3)c3c(ccc4ccccc43)n2)cc1. The Labute approximate surface area is 231 Å². The fourth-order valence-electron chi connectivity index (χ4n) is 4.63. The average Bonchev–Trinajstić information content (AvgIpc) is 2.95. The molecule has 0 atom stereocenters. The van der Waals surface area contributed by atoms with E-state index in [0.29, 0.717) is 11.8 Å². The van der Waals surface area contributed by atoms with E-state index in [4.69, 9.17) is 28.2 Å². The van der Waals surface area contributed by atoms with Crippen LogP contribution in [0.4, 0.5) is 11.4 Å². The van der Waals surface area contributed by atoms with Gasteiger partial charge in [0.25, 0.3) is 5.69 Å². The van der Waals surface area contributed by atoms with Gasteiger partial charge < -0.3 is 4.90 Å². The van der Waals surface area contributed by atoms with E-state index in [9.17, 15) is 10.1 Å². The highest BCUT2D eigenvalue weighted by Gasteiger charge is 2.12. The summed E-state index contributed by atoms with van der Waals surface area (Å²) in [6.45, 7) is 1.48. The molecule has 0 N–H and O–H groups in total. The van der Waals surface area contributed by atoms with Crippen molar-refractivity contribution < 1.29 is 4.92 Å². The van der Waals surface area contributed by atoms with Crippen molar-refractivity contribution in [2.75, 3.05) is 29.7 Å². The standard InChI is InChI=1S/C31H25Cl2N3O2/c32-17-19-35(20-18-33)26-12-6-22(7-13-26)5-8-25-21-30(24-9-14-27(15-10-24)36(37)38)34-29-16-11-23-3-1-2-4-28(23)31(25)29/h1-16,21H,17-20H2. The molecule has 7 heteroatoms. The Morgan fingerprint density at radius 1 is 0.842 bits per heavy atom. The van der Waals surface area contributed by atoms with Crippen molar-refractivity contribution in [3.05, 3.63) is 112 Å².